The van der Waals surface area contributed by atoms with Crippen molar-refractivity contribution in [3.63, 3.8) is 0 Å². The van der Waals surface area contributed by atoms with E-state index in [9.17, 15) is 4.79 Å². The number of rotatable bonds is 10. The summed E-state index contributed by atoms with van der Waals surface area (Å²) < 4.78 is 12.1. The van der Waals surface area contributed by atoms with Gasteiger partial charge >= 0.3 is 0 Å². The highest BCUT2D eigenvalue weighted by molar-refractivity contribution is 9.10. The van der Waals surface area contributed by atoms with Crippen LogP contribution in [-0.2, 0) is 12.4 Å². The van der Waals surface area contributed by atoms with E-state index in [4.69, 9.17) is 32.7 Å². The zero-order chi connectivity index (χ0) is 26.9. The molecule has 4 aromatic carbocycles. The van der Waals surface area contributed by atoms with E-state index in [0.717, 1.165) is 16.9 Å². The van der Waals surface area contributed by atoms with Crippen LogP contribution >= 0.6 is 50.9 Å². The van der Waals surface area contributed by atoms with Crippen LogP contribution in [-0.4, -0.2) is 19.2 Å². The van der Waals surface area contributed by atoms with Crippen LogP contribution in [0.25, 0.3) is 0 Å². The molecular formula is C29H23BrCl2N2O3S. The molecule has 0 aromatic heterocycles. The summed E-state index contributed by atoms with van der Waals surface area (Å²) in [5.41, 5.74) is 5.81. The van der Waals surface area contributed by atoms with E-state index < -0.39 is 0 Å². The average Bonchev–Trinajstić information content (AvgIpc) is 2.93. The smallest absolute Gasteiger partial charge is 0.271 e. The van der Waals surface area contributed by atoms with Crippen LogP contribution < -0.4 is 14.9 Å². The molecule has 9 heteroatoms. The lowest BCUT2D eigenvalue weighted by Crippen LogP contribution is -2.17. The standard InChI is InChI=1S/C29H23BrCl2N2O3S/c1-36-27-15-21(13-24(30)28(27)37-17-20-9-12-25(31)26(32)14-20)16-33-34-29(35)22-10-7-19(8-11-22)18-38-23-5-3-2-4-6-23/h2-16H,17-18H2,1H3,(H,34,35)/b33-16+. The van der Waals surface area contributed by atoms with Crippen molar-refractivity contribution in [1.29, 1.82) is 0 Å². The molecule has 0 spiro atoms. The number of thioether (sulfide) groups is 1. The number of benzene rings is 4. The maximum Gasteiger partial charge on any atom is 0.271 e. The number of amides is 1. The van der Waals surface area contributed by atoms with Crippen LogP contribution in [0.4, 0.5) is 0 Å². The Labute approximate surface area is 244 Å². The van der Waals surface area contributed by atoms with E-state index in [1.54, 1.807) is 55.4 Å². The average molecular weight is 630 g/mol. The van der Waals surface area contributed by atoms with Gasteiger partial charge in [0.1, 0.15) is 6.61 Å². The summed E-state index contributed by atoms with van der Waals surface area (Å²) in [6.07, 6.45) is 1.54. The molecule has 0 bridgehead atoms. The number of nitrogens with one attached hydrogen (secondary N) is 1. The lowest BCUT2D eigenvalue weighted by atomic mass is 10.1. The Bertz CT molecular complexity index is 1430. The van der Waals surface area contributed by atoms with Gasteiger partial charge in [-0.2, -0.15) is 5.10 Å². The molecule has 0 heterocycles. The van der Waals surface area contributed by atoms with Gasteiger partial charge in [0, 0.05) is 16.2 Å². The van der Waals surface area contributed by atoms with E-state index in [0.29, 0.717) is 37.1 Å². The van der Waals surface area contributed by atoms with Crippen LogP contribution in [0.5, 0.6) is 11.5 Å². The van der Waals surface area contributed by atoms with Gasteiger partial charge in [-0.25, -0.2) is 5.43 Å². The van der Waals surface area contributed by atoms with E-state index in [2.05, 4.69) is 38.6 Å². The summed E-state index contributed by atoms with van der Waals surface area (Å²) in [5, 5.41) is 5.05. The number of nitrogens with zero attached hydrogens (tertiary/aromatic N) is 1. The van der Waals surface area contributed by atoms with Gasteiger partial charge in [-0.3, -0.25) is 4.79 Å². The number of methoxy groups -OCH3 is 1. The summed E-state index contributed by atoms with van der Waals surface area (Å²) in [4.78, 5) is 13.7. The van der Waals surface area contributed by atoms with Crippen molar-refractivity contribution >= 4 is 63.0 Å². The molecule has 0 atom stereocenters. The second kappa shape index (κ2) is 13.7. The summed E-state index contributed by atoms with van der Waals surface area (Å²) in [5.74, 6) is 1.58. The molecule has 194 valence electrons. The lowest BCUT2D eigenvalue weighted by Gasteiger charge is -2.14. The van der Waals surface area contributed by atoms with E-state index in [1.807, 2.05) is 42.5 Å². The molecule has 38 heavy (non-hydrogen) atoms. The monoisotopic (exact) mass is 628 g/mol. The van der Waals surface area contributed by atoms with Gasteiger partial charge in [-0.15, -0.1) is 11.8 Å². The van der Waals surface area contributed by atoms with Gasteiger partial charge < -0.3 is 9.47 Å². The zero-order valence-electron chi connectivity index (χ0n) is 20.3. The summed E-state index contributed by atoms with van der Waals surface area (Å²) >= 11 is 17.3. The predicted molar refractivity (Wildman–Crippen MR) is 159 cm³/mol. The Hall–Kier alpha value is -2.97. The van der Waals surface area contributed by atoms with Crippen molar-refractivity contribution in [3.8, 4) is 11.5 Å². The number of hydrogen-bond acceptors (Lipinski definition) is 5. The third kappa shape index (κ3) is 7.77. The number of halogens is 3. The first-order chi connectivity index (χ1) is 18.4. The van der Waals surface area contributed by atoms with Crippen molar-refractivity contribution in [2.75, 3.05) is 7.11 Å². The fraction of sp³-hybridized carbons (Fsp3) is 0.103. The first kappa shape index (κ1) is 28.0. The van der Waals surface area contributed by atoms with Crippen molar-refractivity contribution in [2.24, 2.45) is 5.10 Å². The molecule has 1 amide bonds. The Kier molecular flexibility index (Phi) is 10.1. The minimum Gasteiger partial charge on any atom is -0.493 e. The van der Waals surface area contributed by atoms with E-state index in [1.165, 1.54) is 4.90 Å². The number of hydrazone groups is 1. The number of hydrogen-bond donors (Lipinski definition) is 1. The Morgan fingerprint density at radius 2 is 1.71 bits per heavy atom. The highest BCUT2D eigenvalue weighted by Gasteiger charge is 2.12. The Morgan fingerprint density at radius 1 is 0.974 bits per heavy atom. The molecule has 1 N–H and O–H groups in total. The first-order valence-corrected chi connectivity index (χ1v) is 14.0. The summed E-state index contributed by atoms with van der Waals surface area (Å²) in [6.45, 7) is 0.277. The fourth-order valence-electron chi connectivity index (χ4n) is 3.41. The second-order valence-corrected chi connectivity index (χ2v) is 10.8. The maximum absolute atomic E-state index is 12.5. The largest absolute Gasteiger partial charge is 0.493 e. The first-order valence-electron chi connectivity index (χ1n) is 11.5. The molecule has 0 aliphatic rings. The quantitative estimate of drug-likeness (QED) is 0.109. The van der Waals surface area contributed by atoms with Gasteiger partial charge in [-0.05, 0) is 81.2 Å². The minimum absolute atomic E-state index is 0.277. The number of carbonyl (C=O) groups excluding carboxylic acids is 1. The van der Waals surface area contributed by atoms with E-state index in [-0.39, 0.29) is 12.5 Å². The molecule has 0 unspecified atom stereocenters. The van der Waals surface area contributed by atoms with Crippen LogP contribution in [0.2, 0.25) is 10.0 Å². The third-order valence-corrected chi connectivity index (χ3v) is 7.77. The molecule has 4 rings (SSSR count). The van der Waals surface area contributed by atoms with Gasteiger partial charge in [0.15, 0.2) is 11.5 Å². The van der Waals surface area contributed by atoms with Crippen LogP contribution in [0.15, 0.2) is 99.4 Å². The molecule has 5 nitrogen and oxygen atoms in total. The second-order valence-electron chi connectivity index (χ2n) is 8.07. The SMILES string of the molecule is COc1cc(/C=N/NC(=O)c2ccc(CSc3ccccc3)cc2)cc(Br)c1OCc1ccc(Cl)c(Cl)c1. The molecule has 0 aliphatic carbocycles. The highest BCUT2D eigenvalue weighted by atomic mass is 79.9. The normalized spacial score (nSPS) is 10.9. The molecule has 4 aromatic rings. The van der Waals surface area contributed by atoms with Crippen molar-refractivity contribution in [2.45, 2.75) is 17.3 Å². The van der Waals surface area contributed by atoms with Crippen molar-refractivity contribution < 1.29 is 14.3 Å². The zero-order valence-corrected chi connectivity index (χ0v) is 24.2. The summed E-state index contributed by atoms with van der Waals surface area (Å²) in [7, 11) is 1.55. The van der Waals surface area contributed by atoms with Gasteiger partial charge in [0.25, 0.3) is 5.91 Å². The fourth-order valence-corrected chi connectivity index (χ4v) is 5.18. The van der Waals surface area contributed by atoms with Crippen LogP contribution in [0.1, 0.15) is 27.0 Å². The van der Waals surface area contributed by atoms with Crippen molar-refractivity contribution in [3.05, 3.63) is 122 Å². The molecule has 0 aliphatic heterocycles. The predicted octanol–water partition coefficient (Wildman–Crippen LogP) is 8.40. The van der Waals surface area contributed by atoms with E-state index >= 15 is 0 Å². The molecule has 0 radical (unpaired) electrons. The van der Waals surface area contributed by atoms with Crippen molar-refractivity contribution in [1.82, 2.24) is 5.43 Å². The number of carbonyl (C=O) groups is 1. The third-order valence-electron chi connectivity index (χ3n) is 5.36. The van der Waals surface area contributed by atoms with Gasteiger partial charge in [0.2, 0.25) is 0 Å². The molecule has 0 saturated heterocycles. The topological polar surface area (TPSA) is 59.9 Å². The molecular weight excluding hydrogens is 607 g/mol. The van der Waals surface area contributed by atoms with Crippen LogP contribution in [0, 0.1) is 0 Å². The minimum atomic E-state index is -0.295. The Balaban J connectivity index is 1.34. The highest BCUT2D eigenvalue weighted by Crippen LogP contribution is 2.37. The van der Waals surface area contributed by atoms with Gasteiger partial charge in [0.05, 0.1) is 27.8 Å². The summed E-state index contributed by atoms with van der Waals surface area (Å²) in [6, 6.07) is 26.6. The number of ether oxygens (including phenoxy) is 2. The Morgan fingerprint density at radius 3 is 2.42 bits per heavy atom. The van der Waals surface area contributed by atoms with Gasteiger partial charge in [-0.1, -0.05) is 59.6 Å². The van der Waals surface area contributed by atoms with Crippen LogP contribution in [0.3, 0.4) is 0 Å². The lowest BCUT2D eigenvalue weighted by molar-refractivity contribution is 0.0955. The molecule has 0 fully saturated rings. The molecule has 0 saturated carbocycles. The maximum atomic E-state index is 12.5.